The zero-order valence-electron chi connectivity index (χ0n) is 7.21. The molecule has 0 spiro atoms. The summed E-state index contributed by atoms with van der Waals surface area (Å²) < 4.78 is 1.03. The maximum absolute atomic E-state index is 5.71. The first-order chi connectivity index (χ1) is 6.16. The van der Waals surface area contributed by atoms with Gasteiger partial charge in [-0.1, -0.05) is 15.9 Å². The Morgan fingerprint density at radius 2 is 2.31 bits per heavy atom. The number of benzene rings is 1. The van der Waals surface area contributed by atoms with Crippen LogP contribution >= 0.6 is 15.9 Å². The lowest BCUT2D eigenvalue weighted by Crippen LogP contribution is -2.06. The van der Waals surface area contributed by atoms with Crippen LogP contribution in [0.25, 0.3) is 11.0 Å². The quantitative estimate of drug-likeness (QED) is 0.803. The molecule has 68 valence electrons. The highest BCUT2D eigenvalue weighted by Crippen LogP contribution is 2.19. The largest absolute Gasteiger partial charge is 0.341 e. The highest BCUT2D eigenvalue weighted by molar-refractivity contribution is 9.10. The molecular formula is C9H10BrN3. The van der Waals surface area contributed by atoms with Gasteiger partial charge < -0.3 is 10.7 Å². The van der Waals surface area contributed by atoms with E-state index in [1.165, 1.54) is 0 Å². The predicted octanol–water partition coefficient (Wildman–Crippen LogP) is 2.35. The molecule has 1 aromatic carbocycles. The van der Waals surface area contributed by atoms with Crippen LogP contribution in [0.1, 0.15) is 18.8 Å². The molecule has 0 amide bonds. The standard InChI is InChI=1S/C9H10BrN3/c1-5(11)9-12-7-3-2-6(10)4-8(7)13-9/h2-5H,11H2,1H3,(H,12,13). The van der Waals surface area contributed by atoms with Crippen molar-refractivity contribution in [2.24, 2.45) is 5.73 Å². The molecule has 2 aromatic rings. The lowest BCUT2D eigenvalue weighted by atomic mass is 10.3. The Balaban J connectivity index is 2.62. The minimum atomic E-state index is -0.0498. The second kappa shape index (κ2) is 3.12. The minimum Gasteiger partial charge on any atom is -0.341 e. The summed E-state index contributed by atoms with van der Waals surface area (Å²) in [6, 6.07) is 5.88. The molecule has 3 nitrogen and oxygen atoms in total. The minimum absolute atomic E-state index is 0.0498. The number of hydrogen-bond acceptors (Lipinski definition) is 2. The summed E-state index contributed by atoms with van der Waals surface area (Å²) >= 11 is 3.39. The van der Waals surface area contributed by atoms with E-state index in [4.69, 9.17) is 5.73 Å². The number of H-pyrrole nitrogens is 1. The molecule has 0 saturated carbocycles. The molecule has 2 rings (SSSR count). The molecule has 4 heteroatoms. The van der Waals surface area contributed by atoms with E-state index < -0.39 is 0 Å². The zero-order chi connectivity index (χ0) is 9.42. The van der Waals surface area contributed by atoms with E-state index in [0.717, 1.165) is 21.3 Å². The van der Waals surface area contributed by atoms with Gasteiger partial charge in [0, 0.05) is 4.47 Å². The third kappa shape index (κ3) is 1.59. The Kier molecular flexibility index (Phi) is 2.09. The van der Waals surface area contributed by atoms with Gasteiger partial charge in [0.1, 0.15) is 5.82 Å². The normalized spacial score (nSPS) is 13.5. The number of imidazole rings is 1. The lowest BCUT2D eigenvalue weighted by molar-refractivity contribution is 0.760. The molecule has 0 aliphatic carbocycles. The van der Waals surface area contributed by atoms with Crippen molar-refractivity contribution in [1.82, 2.24) is 9.97 Å². The van der Waals surface area contributed by atoms with E-state index in [9.17, 15) is 0 Å². The monoisotopic (exact) mass is 239 g/mol. The van der Waals surface area contributed by atoms with Crippen LogP contribution in [0.4, 0.5) is 0 Å². The Labute approximate surface area is 84.5 Å². The Morgan fingerprint density at radius 3 is 3.00 bits per heavy atom. The Bertz CT molecular complexity index is 433. The number of rotatable bonds is 1. The molecule has 1 aromatic heterocycles. The van der Waals surface area contributed by atoms with Crippen LogP contribution < -0.4 is 5.73 Å². The molecule has 1 heterocycles. The van der Waals surface area contributed by atoms with Gasteiger partial charge in [-0.15, -0.1) is 0 Å². The number of nitrogens with zero attached hydrogens (tertiary/aromatic N) is 1. The predicted molar refractivity (Wildman–Crippen MR) is 56.4 cm³/mol. The Hall–Kier alpha value is -0.870. The molecule has 0 aliphatic heterocycles. The van der Waals surface area contributed by atoms with Crippen LogP contribution in [0.15, 0.2) is 22.7 Å². The summed E-state index contributed by atoms with van der Waals surface area (Å²) in [6.45, 7) is 1.91. The fourth-order valence-corrected chi connectivity index (χ4v) is 1.56. The second-order valence-corrected chi connectivity index (χ2v) is 3.99. The third-order valence-corrected chi connectivity index (χ3v) is 2.39. The highest BCUT2D eigenvalue weighted by Gasteiger charge is 2.05. The van der Waals surface area contributed by atoms with Crippen LogP contribution in [-0.2, 0) is 0 Å². The number of nitrogens with two attached hydrogens (primary N) is 1. The van der Waals surface area contributed by atoms with E-state index >= 15 is 0 Å². The summed E-state index contributed by atoms with van der Waals surface area (Å²) in [5, 5.41) is 0. The maximum Gasteiger partial charge on any atom is 0.123 e. The van der Waals surface area contributed by atoms with Crippen molar-refractivity contribution in [3.8, 4) is 0 Å². The molecule has 0 bridgehead atoms. The van der Waals surface area contributed by atoms with Gasteiger partial charge in [-0.3, -0.25) is 0 Å². The fourth-order valence-electron chi connectivity index (χ4n) is 1.21. The van der Waals surface area contributed by atoms with Crippen molar-refractivity contribution >= 4 is 27.0 Å². The van der Waals surface area contributed by atoms with Crippen molar-refractivity contribution in [3.05, 3.63) is 28.5 Å². The van der Waals surface area contributed by atoms with E-state index in [-0.39, 0.29) is 6.04 Å². The second-order valence-electron chi connectivity index (χ2n) is 3.07. The van der Waals surface area contributed by atoms with Crippen molar-refractivity contribution in [2.75, 3.05) is 0 Å². The first-order valence-corrected chi connectivity index (χ1v) is 4.87. The fraction of sp³-hybridized carbons (Fsp3) is 0.222. The van der Waals surface area contributed by atoms with Gasteiger partial charge in [-0.05, 0) is 25.1 Å². The van der Waals surface area contributed by atoms with Crippen LogP contribution in [0.3, 0.4) is 0 Å². The molecule has 0 fully saturated rings. The molecule has 0 radical (unpaired) electrons. The molecule has 3 N–H and O–H groups in total. The molecule has 13 heavy (non-hydrogen) atoms. The summed E-state index contributed by atoms with van der Waals surface area (Å²) in [6.07, 6.45) is 0. The van der Waals surface area contributed by atoms with E-state index in [1.54, 1.807) is 0 Å². The van der Waals surface area contributed by atoms with Gasteiger partial charge in [0.2, 0.25) is 0 Å². The van der Waals surface area contributed by atoms with Crippen molar-refractivity contribution in [2.45, 2.75) is 13.0 Å². The average molecular weight is 240 g/mol. The molecular weight excluding hydrogens is 230 g/mol. The van der Waals surface area contributed by atoms with Gasteiger partial charge in [0.25, 0.3) is 0 Å². The summed E-state index contributed by atoms with van der Waals surface area (Å²) in [4.78, 5) is 7.53. The van der Waals surface area contributed by atoms with Gasteiger partial charge >= 0.3 is 0 Å². The van der Waals surface area contributed by atoms with Crippen LogP contribution in [0.2, 0.25) is 0 Å². The summed E-state index contributed by atoms with van der Waals surface area (Å²) in [7, 11) is 0. The number of fused-ring (bicyclic) bond motifs is 1. The van der Waals surface area contributed by atoms with Crippen molar-refractivity contribution in [3.63, 3.8) is 0 Å². The van der Waals surface area contributed by atoms with Crippen molar-refractivity contribution < 1.29 is 0 Å². The summed E-state index contributed by atoms with van der Waals surface area (Å²) in [5.41, 5.74) is 7.68. The first-order valence-electron chi connectivity index (χ1n) is 4.07. The van der Waals surface area contributed by atoms with Crippen molar-refractivity contribution in [1.29, 1.82) is 0 Å². The number of hydrogen-bond donors (Lipinski definition) is 2. The number of halogens is 1. The summed E-state index contributed by atoms with van der Waals surface area (Å²) in [5.74, 6) is 0.827. The highest BCUT2D eigenvalue weighted by atomic mass is 79.9. The van der Waals surface area contributed by atoms with E-state index in [2.05, 4.69) is 25.9 Å². The maximum atomic E-state index is 5.71. The van der Waals surface area contributed by atoms with Gasteiger partial charge in [-0.25, -0.2) is 4.98 Å². The van der Waals surface area contributed by atoms with Crippen LogP contribution in [0, 0.1) is 0 Å². The molecule has 1 unspecified atom stereocenters. The topological polar surface area (TPSA) is 54.7 Å². The number of aromatic nitrogens is 2. The molecule has 1 atom stereocenters. The van der Waals surface area contributed by atoms with Crippen LogP contribution in [-0.4, -0.2) is 9.97 Å². The molecule has 0 saturated heterocycles. The average Bonchev–Trinajstić information content (AvgIpc) is 2.46. The number of aromatic amines is 1. The smallest absolute Gasteiger partial charge is 0.123 e. The first kappa shape index (κ1) is 8.72. The van der Waals surface area contributed by atoms with Gasteiger partial charge in [0.15, 0.2) is 0 Å². The van der Waals surface area contributed by atoms with Gasteiger partial charge in [0.05, 0.1) is 17.1 Å². The zero-order valence-corrected chi connectivity index (χ0v) is 8.80. The number of nitrogens with one attached hydrogen (secondary N) is 1. The van der Waals surface area contributed by atoms with Crippen LogP contribution in [0.5, 0.6) is 0 Å². The third-order valence-electron chi connectivity index (χ3n) is 1.89. The lowest BCUT2D eigenvalue weighted by Gasteiger charge is -1.96. The van der Waals surface area contributed by atoms with E-state index in [1.807, 2.05) is 25.1 Å². The molecule has 0 aliphatic rings. The Morgan fingerprint density at radius 1 is 1.54 bits per heavy atom. The SMILES string of the molecule is CC(N)c1nc2cc(Br)ccc2[nH]1. The van der Waals surface area contributed by atoms with E-state index in [0.29, 0.717) is 0 Å². The van der Waals surface area contributed by atoms with Gasteiger partial charge in [-0.2, -0.15) is 0 Å².